The molecule has 1 aromatic carbocycles. The Morgan fingerprint density at radius 1 is 1.20 bits per heavy atom. The van der Waals surface area contributed by atoms with E-state index >= 15 is 0 Å². The second kappa shape index (κ2) is 4.96. The lowest BCUT2D eigenvalue weighted by molar-refractivity contribution is 0.228. The van der Waals surface area contributed by atoms with E-state index in [9.17, 15) is 0 Å². The number of hydrogen-bond donors (Lipinski definition) is 1. The van der Waals surface area contributed by atoms with Crippen molar-refractivity contribution in [3.8, 4) is 11.5 Å². The van der Waals surface area contributed by atoms with Crippen molar-refractivity contribution in [2.75, 3.05) is 19.8 Å². The summed E-state index contributed by atoms with van der Waals surface area (Å²) in [5, 5.41) is 3.59. The molecule has 3 nitrogen and oxygen atoms in total. The Hall–Kier alpha value is -1.22. The number of rotatable bonds is 2. The number of benzene rings is 1. The van der Waals surface area contributed by atoms with Gasteiger partial charge < -0.3 is 14.8 Å². The highest BCUT2D eigenvalue weighted by molar-refractivity contribution is 5.53. The number of hydrogen-bond acceptors (Lipinski definition) is 3. The fraction of sp³-hybridized carbons (Fsp3) is 0.647. The highest BCUT2D eigenvalue weighted by atomic mass is 16.5. The van der Waals surface area contributed by atoms with Crippen molar-refractivity contribution in [3.63, 3.8) is 0 Å². The van der Waals surface area contributed by atoms with E-state index in [0.29, 0.717) is 12.0 Å². The third kappa shape index (κ3) is 2.28. The van der Waals surface area contributed by atoms with E-state index in [2.05, 4.69) is 45.1 Å². The Labute approximate surface area is 121 Å². The van der Waals surface area contributed by atoms with Gasteiger partial charge in [-0.2, -0.15) is 0 Å². The van der Waals surface area contributed by atoms with Gasteiger partial charge in [0.1, 0.15) is 0 Å². The van der Waals surface area contributed by atoms with Gasteiger partial charge in [-0.3, -0.25) is 0 Å². The molecule has 20 heavy (non-hydrogen) atoms. The average molecular weight is 275 g/mol. The third-order valence-electron chi connectivity index (χ3n) is 4.43. The van der Waals surface area contributed by atoms with Gasteiger partial charge in [0.05, 0.1) is 13.2 Å². The third-order valence-corrected chi connectivity index (χ3v) is 4.43. The van der Waals surface area contributed by atoms with Crippen LogP contribution in [0.2, 0.25) is 0 Å². The predicted molar refractivity (Wildman–Crippen MR) is 80.7 cm³/mol. The molecule has 0 aromatic heterocycles. The van der Waals surface area contributed by atoms with E-state index in [-0.39, 0.29) is 5.41 Å². The van der Waals surface area contributed by atoms with Gasteiger partial charge in [0.15, 0.2) is 11.5 Å². The van der Waals surface area contributed by atoms with E-state index < -0.39 is 0 Å². The summed E-state index contributed by atoms with van der Waals surface area (Å²) < 4.78 is 11.9. The zero-order chi connectivity index (χ0) is 14.3. The summed E-state index contributed by atoms with van der Waals surface area (Å²) >= 11 is 0. The summed E-state index contributed by atoms with van der Waals surface area (Å²) in [6.45, 7) is 11.4. The molecular weight excluding hydrogens is 250 g/mol. The van der Waals surface area contributed by atoms with Gasteiger partial charge in [0.2, 0.25) is 0 Å². The van der Waals surface area contributed by atoms with Crippen LogP contribution < -0.4 is 14.8 Å². The Kier molecular flexibility index (Phi) is 3.41. The van der Waals surface area contributed by atoms with Crippen molar-refractivity contribution in [2.45, 2.75) is 45.6 Å². The summed E-state index contributed by atoms with van der Waals surface area (Å²) in [6, 6.07) is 4.84. The molecular formula is C17H25NO2. The molecule has 3 heteroatoms. The lowest BCUT2D eigenvalue weighted by Crippen LogP contribution is -2.20. The monoisotopic (exact) mass is 275 g/mol. The molecule has 1 heterocycles. The minimum Gasteiger partial charge on any atom is -0.489 e. The highest BCUT2D eigenvalue weighted by Crippen LogP contribution is 2.48. The predicted octanol–water partition coefficient (Wildman–Crippen LogP) is 3.43. The molecule has 0 amide bonds. The average Bonchev–Trinajstić information content (AvgIpc) is 2.55. The molecule has 0 saturated carbocycles. The fourth-order valence-electron chi connectivity index (χ4n) is 3.35. The van der Waals surface area contributed by atoms with Gasteiger partial charge in [-0.05, 0) is 41.6 Å². The van der Waals surface area contributed by atoms with Crippen LogP contribution in [0.1, 0.15) is 51.3 Å². The van der Waals surface area contributed by atoms with Crippen LogP contribution in [0.25, 0.3) is 0 Å². The van der Waals surface area contributed by atoms with Gasteiger partial charge in [0.25, 0.3) is 0 Å². The standard InChI is InChI=1S/C17H25NO2/c1-5-18-14-8-17(3,4)13-7-16-15(6-12(13)14)19-9-11(2)10-20-16/h6-7,11,14,18H,5,8-10H2,1-4H3. The smallest absolute Gasteiger partial charge is 0.161 e. The molecule has 1 N–H and O–H groups in total. The van der Waals surface area contributed by atoms with Crippen LogP contribution in [0.5, 0.6) is 11.5 Å². The quantitative estimate of drug-likeness (QED) is 0.897. The summed E-state index contributed by atoms with van der Waals surface area (Å²) in [5.74, 6) is 2.27. The maximum absolute atomic E-state index is 5.93. The first-order valence-electron chi connectivity index (χ1n) is 7.68. The lowest BCUT2D eigenvalue weighted by Gasteiger charge is -2.20. The van der Waals surface area contributed by atoms with Crippen molar-refractivity contribution in [1.82, 2.24) is 5.32 Å². The van der Waals surface area contributed by atoms with Crippen molar-refractivity contribution in [3.05, 3.63) is 23.3 Å². The Morgan fingerprint density at radius 2 is 1.85 bits per heavy atom. The molecule has 2 unspecified atom stereocenters. The number of ether oxygens (including phenoxy) is 2. The second-order valence-corrected chi connectivity index (χ2v) is 6.81. The number of nitrogens with one attached hydrogen (secondary N) is 1. The van der Waals surface area contributed by atoms with E-state index in [1.54, 1.807) is 0 Å². The first-order chi connectivity index (χ1) is 9.51. The van der Waals surface area contributed by atoms with Crippen LogP contribution in [0.15, 0.2) is 12.1 Å². The van der Waals surface area contributed by atoms with Gasteiger partial charge in [-0.25, -0.2) is 0 Å². The van der Waals surface area contributed by atoms with Crippen LogP contribution in [0, 0.1) is 5.92 Å². The Bertz CT molecular complexity index is 510. The maximum atomic E-state index is 5.93. The van der Waals surface area contributed by atoms with E-state index in [4.69, 9.17) is 9.47 Å². The van der Waals surface area contributed by atoms with Crippen LogP contribution >= 0.6 is 0 Å². The SMILES string of the molecule is CCNC1CC(C)(C)c2cc3c(cc21)OCC(C)CO3. The van der Waals surface area contributed by atoms with Crippen molar-refractivity contribution >= 4 is 0 Å². The molecule has 0 bridgehead atoms. The van der Waals surface area contributed by atoms with E-state index in [1.807, 2.05) is 0 Å². The summed E-state index contributed by atoms with van der Waals surface area (Å²) in [4.78, 5) is 0. The molecule has 0 radical (unpaired) electrons. The first kappa shape index (κ1) is 13.7. The largest absolute Gasteiger partial charge is 0.489 e. The molecule has 110 valence electrons. The molecule has 1 aromatic rings. The molecule has 1 aliphatic carbocycles. The minimum absolute atomic E-state index is 0.193. The summed E-state index contributed by atoms with van der Waals surface area (Å²) in [5.41, 5.74) is 2.98. The molecule has 0 spiro atoms. The first-order valence-corrected chi connectivity index (χ1v) is 7.68. The summed E-state index contributed by atoms with van der Waals surface area (Å²) in [6.07, 6.45) is 1.13. The molecule has 2 aliphatic rings. The maximum Gasteiger partial charge on any atom is 0.161 e. The van der Waals surface area contributed by atoms with Gasteiger partial charge in [-0.15, -0.1) is 0 Å². The highest BCUT2D eigenvalue weighted by Gasteiger charge is 2.38. The number of fused-ring (bicyclic) bond motifs is 2. The molecule has 2 atom stereocenters. The molecule has 0 fully saturated rings. The second-order valence-electron chi connectivity index (χ2n) is 6.81. The van der Waals surface area contributed by atoms with E-state index in [0.717, 1.165) is 37.7 Å². The van der Waals surface area contributed by atoms with Crippen molar-refractivity contribution in [1.29, 1.82) is 0 Å². The fourth-order valence-corrected chi connectivity index (χ4v) is 3.35. The van der Waals surface area contributed by atoms with Crippen LogP contribution in [0.3, 0.4) is 0 Å². The Balaban J connectivity index is 2.02. The molecule has 3 rings (SSSR count). The van der Waals surface area contributed by atoms with Gasteiger partial charge in [0, 0.05) is 12.0 Å². The minimum atomic E-state index is 0.193. The Morgan fingerprint density at radius 3 is 2.50 bits per heavy atom. The van der Waals surface area contributed by atoms with Gasteiger partial charge >= 0.3 is 0 Å². The summed E-state index contributed by atoms with van der Waals surface area (Å²) in [7, 11) is 0. The molecule has 0 saturated heterocycles. The van der Waals surface area contributed by atoms with Gasteiger partial charge in [-0.1, -0.05) is 27.7 Å². The van der Waals surface area contributed by atoms with Crippen molar-refractivity contribution in [2.24, 2.45) is 5.92 Å². The topological polar surface area (TPSA) is 30.5 Å². The van der Waals surface area contributed by atoms with Crippen LogP contribution in [-0.2, 0) is 5.41 Å². The zero-order valence-corrected chi connectivity index (χ0v) is 13.0. The zero-order valence-electron chi connectivity index (χ0n) is 13.0. The van der Waals surface area contributed by atoms with Crippen molar-refractivity contribution < 1.29 is 9.47 Å². The van der Waals surface area contributed by atoms with Crippen LogP contribution in [0.4, 0.5) is 0 Å². The molecule has 1 aliphatic heterocycles. The lowest BCUT2D eigenvalue weighted by atomic mass is 9.86. The van der Waals surface area contributed by atoms with Crippen LogP contribution in [-0.4, -0.2) is 19.8 Å². The normalized spacial score (nSPS) is 27.0. The van der Waals surface area contributed by atoms with E-state index in [1.165, 1.54) is 11.1 Å².